The van der Waals surface area contributed by atoms with Crippen molar-refractivity contribution in [1.82, 2.24) is 29.7 Å². The van der Waals surface area contributed by atoms with Gasteiger partial charge in [-0.2, -0.15) is 9.97 Å². The average Bonchev–Trinajstić information content (AvgIpc) is 3.47. The monoisotopic (exact) mass is 608 g/mol. The lowest BCUT2D eigenvalue weighted by Gasteiger charge is -2.36. The number of aromatic amines is 1. The molecule has 228 valence electrons. The summed E-state index contributed by atoms with van der Waals surface area (Å²) < 4.78 is 22.5. The Hall–Kier alpha value is -3.84. The number of fused-ring (bicyclic) bond motifs is 1. The van der Waals surface area contributed by atoms with Crippen molar-refractivity contribution in [3.63, 3.8) is 0 Å². The van der Waals surface area contributed by atoms with Crippen LogP contribution < -0.4 is 24.4 Å². The number of anilines is 2. The Morgan fingerprint density at radius 1 is 0.860 bits per heavy atom. The van der Waals surface area contributed by atoms with Gasteiger partial charge in [-0.05, 0) is 12.1 Å². The molecule has 0 bridgehead atoms. The number of benzene rings is 2. The summed E-state index contributed by atoms with van der Waals surface area (Å²) in [5.74, 6) is 3.80. The topological polar surface area (TPSA) is 113 Å². The van der Waals surface area contributed by atoms with Crippen molar-refractivity contribution in [3.8, 4) is 23.1 Å². The summed E-state index contributed by atoms with van der Waals surface area (Å²) in [6.07, 6.45) is 0. The van der Waals surface area contributed by atoms with E-state index in [0.717, 1.165) is 82.4 Å². The number of piperazine rings is 1. The van der Waals surface area contributed by atoms with Crippen molar-refractivity contribution >= 4 is 34.4 Å². The van der Waals surface area contributed by atoms with E-state index in [0.29, 0.717) is 46.5 Å². The molecule has 12 nitrogen and oxygen atoms in total. The van der Waals surface area contributed by atoms with Crippen LogP contribution >= 0.6 is 11.6 Å². The molecule has 0 amide bonds. The minimum Gasteiger partial charge on any atom is -0.493 e. The number of nitrogens with zero attached hydrogens (tertiary/aromatic N) is 6. The third kappa shape index (κ3) is 7.21. The van der Waals surface area contributed by atoms with Crippen LogP contribution in [-0.4, -0.2) is 110 Å². The maximum atomic E-state index is 6.54. The van der Waals surface area contributed by atoms with Crippen LogP contribution in [-0.2, 0) is 11.3 Å². The zero-order chi connectivity index (χ0) is 29.6. The van der Waals surface area contributed by atoms with Crippen molar-refractivity contribution in [2.75, 3.05) is 90.0 Å². The Morgan fingerprint density at radius 3 is 2.33 bits per heavy atom. The molecule has 4 aromatic rings. The third-order valence-electron chi connectivity index (χ3n) is 7.71. The largest absolute Gasteiger partial charge is 0.493 e. The summed E-state index contributed by atoms with van der Waals surface area (Å²) in [7, 11) is 3.13. The quantitative estimate of drug-likeness (QED) is 0.259. The molecule has 0 unspecified atom stereocenters. The van der Waals surface area contributed by atoms with Crippen LogP contribution in [0.15, 0.2) is 42.5 Å². The molecular formula is C30H37ClN8O4. The fraction of sp³-hybridized carbons (Fsp3) is 0.433. The van der Waals surface area contributed by atoms with E-state index in [1.165, 1.54) is 0 Å². The third-order valence-corrected chi connectivity index (χ3v) is 8.01. The molecule has 2 aromatic carbocycles. The second-order valence-corrected chi connectivity index (χ2v) is 10.9. The summed E-state index contributed by atoms with van der Waals surface area (Å²) in [6.45, 7) is 9.71. The Morgan fingerprint density at radius 2 is 1.58 bits per heavy atom. The first-order chi connectivity index (χ1) is 21.1. The van der Waals surface area contributed by atoms with Gasteiger partial charge in [-0.1, -0.05) is 23.7 Å². The first kappa shape index (κ1) is 29.2. The van der Waals surface area contributed by atoms with Gasteiger partial charge >= 0.3 is 0 Å². The van der Waals surface area contributed by atoms with Crippen molar-refractivity contribution < 1.29 is 18.9 Å². The van der Waals surface area contributed by atoms with Gasteiger partial charge in [0.15, 0.2) is 17.2 Å². The molecule has 0 spiro atoms. The van der Waals surface area contributed by atoms with Gasteiger partial charge in [0.2, 0.25) is 11.8 Å². The number of halogens is 1. The van der Waals surface area contributed by atoms with Gasteiger partial charge in [-0.3, -0.25) is 9.80 Å². The summed E-state index contributed by atoms with van der Waals surface area (Å²) in [5, 5.41) is 3.77. The van der Waals surface area contributed by atoms with E-state index < -0.39 is 0 Å². The maximum absolute atomic E-state index is 6.54. The number of aromatic nitrogens is 4. The lowest BCUT2D eigenvalue weighted by Crippen LogP contribution is -2.49. The number of morpholine rings is 1. The van der Waals surface area contributed by atoms with Crippen LogP contribution in [0.2, 0.25) is 5.02 Å². The second-order valence-electron chi connectivity index (χ2n) is 10.5. The predicted octanol–water partition coefficient (Wildman–Crippen LogP) is 3.88. The smallest absolute Gasteiger partial charge is 0.230 e. The fourth-order valence-electron chi connectivity index (χ4n) is 5.27. The molecule has 2 N–H and O–H groups in total. The Balaban J connectivity index is 1.19. The number of imidazole rings is 1. The van der Waals surface area contributed by atoms with Crippen LogP contribution in [0, 0.1) is 0 Å². The summed E-state index contributed by atoms with van der Waals surface area (Å²) >= 11 is 6.54. The minimum atomic E-state index is 0.362. The summed E-state index contributed by atoms with van der Waals surface area (Å²) in [6, 6.07) is 13.1. The highest BCUT2D eigenvalue weighted by atomic mass is 35.5. The molecule has 13 heteroatoms. The molecule has 2 aliphatic rings. The SMILES string of the molecule is COc1cc(Cl)c(Oc2cc(NCc3nc4ccccc4[nH]3)nc(N3CCN(CCN4CCOCC4)CC3)n2)cc1OC. The van der Waals surface area contributed by atoms with Gasteiger partial charge in [0.05, 0.1) is 50.0 Å². The normalized spacial score (nSPS) is 16.4. The molecule has 4 heterocycles. The van der Waals surface area contributed by atoms with E-state index in [4.69, 9.17) is 40.5 Å². The number of rotatable bonds is 11. The number of hydrogen-bond donors (Lipinski definition) is 2. The van der Waals surface area contributed by atoms with Crippen LogP contribution in [0.5, 0.6) is 23.1 Å². The molecule has 43 heavy (non-hydrogen) atoms. The Bertz CT molecular complexity index is 1490. The molecule has 0 radical (unpaired) electrons. The highest BCUT2D eigenvalue weighted by Crippen LogP contribution is 2.39. The lowest BCUT2D eigenvalue weighted by molar-refractivity contribution is 0.0331. The van der Waals surface area contributed by atoms with E-state index in [9.17, 15) is 0 Å². The predicted molar refractivity (Wildman–Crippen MR) is 166 cm³/mol. The molecule has 2 aliphatic heterocycles. The van der Waals surface area contributed by atoms with E-state index in [-0.39, 0.29) is 0 Å². The average molecular weight is 609 g/mol. The zero-order valence-corrected chi connectivity index (χ0v) is 25.3. The summed E-state index contributed by atoms with van der Waals surface area (Å²) in [4.78, 5) is 24.8. The standard InChI is InChI=1S/C30H37ClN8O4/c1-40-25-17-21(31)24(18-26(25)41-2)43-29-19-27(32-20-28-33-22-5-3-4-6-23(22)34-28)35-30(36-29)39-11-9-37(10-12-39)7-8-38-13-15-42-16-14-38/h3-6,17-19H,7-16,20H2,1-2H3,(H,33,34)(H,32,35,36). The second kappa shape index (κ2) is 13.6. The van der Waals surface area contributed by atoms with Crippen molar-refractivity contribution in [1.29, 1.82) is 0 Å². The number of hydrogen-bond acceptors (Lipinski definition) is 11. The number of para-hydroxylation sites is 2. The first-order valence-corrected chi connectivity index (χ1v) is 14.9. The van der Waals surface area contributed by atoms with Crippen LogP contribution in [0.3, 0.4) is 0 Å². The zero-order valence-electron chi connectivity index (χ0n) is 24.5. The number of methoxy groups -OCH3 is 2. The van der Waals surface area contributed by atoms with E-state index >= 15 is 0 Å². The summed E-state index contributed by atoms with van der Waals surface area (Å²) in [5.41, 5.74) is 1.91. The van der Waals surface area contributed by atoms with Crippen molar-refractivity contribution in [3.05, 3.63) is 53.3 Å². The Labute approximate surface area is 255 Å². The van der Waals surface area contributed by atoms with E-state index in [1.54, 1.807) is 32.4 Å². The minimum absolute atomic E-state index is 0.362. The lowest BCUT2D eigenvalue weighted by atomic mass is 10.3. The molecule has 0 saturated carbocycles. The van der Waals surface area contributed by atoms with E-state index in [1.807, 2.05) is 24.3 Å². The molecule has 0 atom stereocenters. The maximum Gasteiger partial charge on any atom is 0.230 e. The van der Waals surface area contributed by atoms with Crippen molar-refractivity contribution in [2.24, 2.45) is 0 Å². The molecule has 2 fully saturated rings. The van der Waals surface area contributed by atoms with Gasteiger partial charge in [0.25, 0.3) is 0 Å². The number of ether oxygens (including phenoxy) is 4. The van der Waals surface area contributed by atoms with Crippen LogP contribution in [0.1, 0.15) is 5.82 Å². The van der Waals surface area contributed by atoms with Crippen LogP contribution in [0.25, 0.3) is 11.0 Å². The molecule has 2 aromatic heterocycles. The van der Waals surface area contributed by atoms with Gasteiger partial charge in [0, 0.05) is 70.6 Å². The van der Waals surface area contributed by atoms with Gasteiger partial charge in [-0.15, -0.1) is 0 Å². The van der Waals surface area contributed by atoms with Gasteiger partial charge in [0.1, 0.15) is 11.6 Å². The number of nitrogens with one attached hydrogen (secondary N) is 2. The first-order valence-electron chi connectivity index (χ1n) is 14.5. The van der Waals surface area contributed by atoms with Crippen LogP contribution in [0.4, 0.5) is 11.8 Å². The Kier molecular flexibility index (Phi) is 9.27. The fourth-order valence-corrected chi connectivity index (χ4v) is 5.46. The van der Waals surface area contributed by atoms with Gasteiger partial charge < -0.3 is 34.1 Å². The van der Waals surface area contributed by atoms with Gasteiger partial charge in [-0.25, -0.2) is 4.98 Å². The molecule has 0 aliphatic carbocycles. The van der Waals surface area contributed by atoms with E-state index in [2.05, 4.69) is 30.0 Å². The molecular weight excluding hydrogens is 572 g/mol. The molecule has 2 saturated heterocycles. The van der Waals surface area contributed by atoms with Crippen molar-refractivity contribution in [2.45, 2.75) is 6.54 Å². The highest BCUT2D eigenvalue weighted by Gasteiger charge is 2.22. The number of H-pyrrole nitrogens is 1. The molecule has 6 rings (SSSR count). The highest BCUT2D eigenvalue weighted by molar-refractivity contribution is 6.32.